The zero-order valence-corrected chi connectivity index (χ0v) is 16.8. The average Bonchev–Trinajstić information content (AvgIpc) is 3.26. The van der Waals surface area contributed by atoms with E-state index in [2.05, 4.69) is 20.9 Å². The molecule has 2 amide bonds. The highest BCUT2D eigenvalue weighted by Gasteiger charge is 2.14. The van der Waals surface area contributed by atoms with Crippen LogP contribution in [0.2, 0.25) is 0 Å². The number of aromatic nitrogens is 2. The molecular formula is C24H18FN5O2. The maximum atomic E-state index is 13.0. The van der Waals surface area contributed by atoms with E-state index >= 15 is 0 Å². The molecule has 0 saturated carbocycles. The first kappa shape index (κ1) is 20.7. The van der Waals surface area contributed by atoms with Crippen molar-refractivity contribution in [2.24, 2.45) is 5.10 Å². The molecule has 0 fully saturated rings. The topological polar surface area (TPSA) is 88.4 Å². The number of halogens is 1. The van der Waals surface area contributed by atoms with Crippen molar-refractivity contribution in [2.45, 2.75) is 0 Å². The van der Waals surface area contributed by atoms with Crippen LogP contribution in [0.1, 0.15) is 5.56 Å². The van der Waals surface area contributed by atoms with Crippen molar-refractivity contribution in [2.75, 3.05) is 5.32 Å². The molecule has 158 valence electrons. The number of benzene rings is 3. The Labute approximate surface area is 183 Å². The van der Waals surface area contributed by atoms with E-state index in [0.717, 1.165) is 11.3 Å². The summed E-state index contributed by atoms with van der Waals surface area (Å²) in [5, 5.41) is 10.9. The van der Waals surface area contributed by atoms with Gasteiger partial charge in [-0.1, -0.05) is 48.5 Å². The molecule has 0 aliphatic rings. The van der Waals surface area contributed by atoms with Crippen LogP contribution in [0.3, 0.4) is 0 Å². The van der Waals surface area contributed by atoms with Crippen LogP contribution in [-0.2, 0) is 9.59 Å². The Morgan fingerprint density at radius 2 is 1.53 bits per heavy atom. The van der Waals surface area contributed by atoms with E-state index in [1.807, 2.05) is 60.7 Å². The van der Waals surface area contributed by atoms with Crippen molar-refractivity contribution < 1.29 is 14.0 Å². The normalized spacial score (nSPS) is 10.8. The second kappa shape index (κ2) is 9.48. The van der Waals surface area contributed by atoms with Gasteiger partial charge in [0.2, 0.25) is 0 Å². The lowest BCUT2D eigenvalue weighted by molar-refractivity contribution is -0.136. The van der Waals surface area contributed by atoms with Crippen LogP contribution >= 0.6 is 0 Å². The molecule has 4 aromatic rings. The van der Waals surface area contributed by atoms with Crippen molar-refractivity contribution in [1.82, 2.24) is 15.2 Å². The van der Waals surface area contributed by atoms with Crippen LogP contribution in [0, 0.1) is 5.82 Å². The fourth-order valence-corrected chi connectivity index (χ4v) is 2.95. The Hall–Kier alpha value is -4.59. The number of carbonyl (C=O) groups is 2. The summed E-state index contributed by atoms with van der Waals surface area (Å²) in [5.41, 5.74) is 5.56. The summed E-state index contributed by atoms with van der Waals surface area (Å²) in [6, 6.07) is 24.2. The minimum Gasteiger partial charge on any atom is -0.318 e. The molecule has 0 aliphatic heterocycles. The maximum absolute atomic E-state index is 13.0. The van der Waals surface area contributed by atoms with Gasteiger partial charge in [-0.05, 0) is 36.4 Å². The van der Waals surface area contributed by atoms with Gasteiger partial charge >= 0.3 is 11.8 Å². The minimum absolute atomic E-state index is 0.297. The third-order valence-electron chi connectivity index (χ3n) is 4.49. The fourth-order valence-electron chi connectivity index (χ4n) is 2.95. The molecular weight excluding hydrogens is 409 g/mol. The van der Waals surface area contributed by atoms with Gasteiger partial charge in [0.1, 0.15) is 11.5 Å². The summed E-state index contributed by atoms with van der Waals surface area (Å²) in [4.78, 5) is 24.1. The highest BCUT2D eigenvalue weighted by molar-refractivity contribution is 6.39. The number of hydrogen-bond donors (Lipinski definition) is 2. The predicted octanol–water partition coefficient (Wildman–Crippen LogP) is 3.77. The molecule has 1 aromatic heterocycles. The number of amides is 2. The number of carbonyl (C=O) groups excluding carboxylic acids is 2. The SMILES string of the molecule is O=C(N/N=C\c1cn(-c2ccccc2)nc1-c1ccccc1)C(=O)Nc1ccc(F)cc1. The molecule has 7 nitrogen and oxygen atoms in total. The van der Waals surface area contributed by atoms with Crippen molar-refractivity contribution in [3.63, 3.8) is 0 Å². The maximum Gasteiger partial charge on any atom is 0.329 e. The molecule has 0 spiro atoms. The first-order valence-corrected chi connectivity index (χ1v) is 9.70. The number of anilines is 1. The molecule has 1 heterocycles. The number of nitrogens with one attached hydrogen (secondary N) is 2. The Morgan fingerprint density at radius 1 is 0.875 bits per heavy atom. The lowest BCUT2D eigenvalue weighted by atomic mass is 10.1. The number of rotatable bonds is 5. The van der Waals surface area contributed by atoms with E-state index in [1.165, 1.54) is 30.5 Å². The van der Waals surface area contributed by atoms with Crippen LogP contribution in [0.15, 0.2) is 96.2 Å². The van der Waals surface area contributed by atoms with E-state index in [1.54, 1.807) is 10.9 Å². The lowest BCUT2D eigenvalue weighted by Crippen LogP contribution is -2.32. The van der Waals surface area contributed by atoms with Gasteiger partial charge in [0.25, 0.3) is 0 Å². The second-order valence-corrected chi connectivity index (χ2v) is 6.74. The van der Waals surface area contributed by atoms with Crippen molar-refractivity contribution >= 4 is 23.7 Å². The Balaban J connectivity index is 1.51. The van der Waals surface area contributed by atoms with Gasteiger partial charge in [-0.2, -0.15) is 10.2 Å². The Kier molecular flexibility index (Phi) is 6.12. The molecule has 0 saturated heterocycles. The average molecular weight is 427 g/mol. The molecule has 4 rings (SSSR count). The largest absolute Gasteiger partial charge is 0.329 e. The van der Waals surface area contributed by atoms with E-state index < -0.39 is 17.6 Å². The quantitative estimate of drug-likeness (QED) is 0.289. The van der Waals surface area contributed by atoms with E-state index in [4.69, 9.17) is 0 Å². The molecule has 32 heavy (non-hydrogen) atoms. The second-order valence-electron chi connectivity index (χ2n) is 6.74. The van der Waals surface area contributed by atoms with Crippen molar-refractivity contribution in [3.05, 3.63) is 103 Å². The third kappa shape index (κ3) is 4.93. The van der Waals surface area contributed by atoms with Crippen LogP contribution in [0.5, 0.6) is 0 Å². The monoisotopic (exact) mass is 427 g/mol. The standard InChI is InChI=1S/C24H18FN5O2/c25-19-11-13-20(14-12-19)27-23(31)24(32)28-26-15-18-16-30(21-9-5-2-6-10-21)29-22(18)17-7-3-1-4-8-17/h1-16H,(H,27,31)(H,28,32)/b26-15-. The van der Waals surface area contributed by atoms with Gasteiger partial charge in [0.05, 0.1) is 11.9 Å². The summed E-state index contributed by atoms with van der Waals surface area (Å²) >= 11 is 0. The van der Waals surface area contributed by atoms with E-state index in [9.17, 15) is 14.0 Å². The lowest BCUT2D eigenvalue weighted by Gasteiger charge is -2.03. The van der Waals surface area contributed by atoms with Crippen molar-refractivity contribution in [3.8, 4) is 16.9 Å². The summed E-state index contributed by atoms with van der Waals surface area (Å²) in [7, 11) is 0. The minimum atomic E-state index is -0.956. The smallest absolute Gasteiger partial charge is 0.318 e. The van der Waals surface area contributed by atoms with Crippen molar-refractivity contribution in [1.29, 1.82) is 0 Å². The zero-order chi connectivity index (χ0) is 22.3. The van der Waals surface area contributed by atoms with Crippen LogP contribution < -0.4 is 10.7 Å². The number of para-hydroxylation sites is 1. The van der Waals surface area contributed by atoms with Crippen LogP contribution in [-0.4, -0.2) is 27.8 Å². The molecule has 2 N–H and O–H groups in total. The fraction of sp³-hybridized carbons (Fsp3) is 0. The van der Waals surface area contributed by atoms with Gasteiger partial charge in [-0.3, -0.25) is 9.59 Å². The molecule has 0 unspecified atom stereocenters. The molecule has 0 radical (unpaired) electrons. The molecule has 8 heteroatoms. The predicted molar refractivity (Wildman–Crippen MR) is 120 cm³/mol. The molecule has 0 aliphatic carbocycles. The van der Waals surface area contributed by atoms with Gasteiger partial charge in [0.15, 0.2) is 0 Å². The van der Waals surface area contributed by atoms with Gasteiger partial charge in [-0.25, -0.2) is 14.5 Å². The third-order valence-corrected chi connectivity index (χ3v) is 4.49. The Morgan fingerprint density at radius 3 is 2.22 bits per heavy atom. The van der Waals surface area contributed by atoms with Crippen LogP contribution in [0.25, 0.3) is 16.9 Å². The number of hydrazone groups is 1. The highest BCUT2D eigenvalue weighted by atomic mass is 19.1. The zero-order valence-electron chi connectivity index (χ0n) is 16.8. The summed E-state index contributed by atoms with van der Waals surface area (Å²) < 4.78 is 14.7. The summed E-state index contributed by atoms with van der Waals surface area (Å²) in [6.45, 7) is 0. The van der Waals surface area contributed by atoms with E-state index in [-0.39, 0.29) is 0 Å². The Bertz CT molecular complexity index is 1250. The summed E-state index contributed by atoms with van der Waals surface area (Å²) in [5.74, 6) is -2.32. The highest BCUT2D eigenvalue weighted by Crippen LogP contribution is 2.22. The molecule has 3 aromatic carbocycles. The molecule has 0 bridgehead atoms. The van der Waals surface area contributed by atoms with Gasteiger partial charge < -0.3 is 5.32 Å². The summed E-state index contributed by atoms with van der Waals surface area (Å²) in [6.07, 6.45) is 3.21. The first-order valence-electron chi connectivity index (χ1n) is 9.70. The van der Waals surface area contributed by atoms with Gasteiger partial charge in [-0.15, -0.1) is 0 Å². The molecule has 0 atom stereocenters. The number of nitrogens with zero attached hydrogens (tertiary/aromatic N) is 3. The number of hydrogen-bond acceptors (Lipinski definition) is 4. The van der Waals surface area contributed by atoms with E-state index in [0.29, 0.717) is 16.9 Å². The first-order chi connectivity index (χ1) is 15.6. The van der Waals surface area contributed by atoms with Gasteiger partial charge in [0, 0.05) is 23.0 Å². The van der Waals surface area contributed by atoms with Crippen LogP contribution in [0.4, 0.5) is 10.1 Å².